The molecule has 3 rings (SSSR count). The van der Waals surface area contributed by atoms with E-state index in [2.05, 4.69) is 5.32 Å². The molecule has 0 spiro atoms. The fraction of sp³-hybridized carbons (Fsp3) is 0.0556. The maximum atomic E-state index is 14.4. The first kappa shape index (κ1) is 18.5. The van der Waals surface area contributed by atoms with E-state index in [1.165, 1.54) is 12.1 Å². The summed E-state index contributed by atoms with van der Waals surface area (Å²) >= 11 is 17.0. The van der Waals surface area contributed by atoms with Gasteiger partial charge in [0.1, 0.15) is 11.4 Å². The van der Waals surface area contributed by atoms with Crippen LogP contribution in [-0.2, 0) is 9.59 Å². The molecule has 8 heteroatoms. The number of amides is 2. The average Bonchev–Trinajstić information content (AvgIpc) is 2.59. The SMILES string of the molecule is Cc1ccc(Cl)c(/C=C2\C(=O)NC(=S)N(c3ccc(Cl)cc3)C2=O)c1F. The molecule has 1 N–H and O–H groups in total. The molecule has 1 fully saturated rings. The van der Waals surface area contributed by atoms with Crippen LogP contribution < -0.4 is 10.2 Å². The lowest BCUT2D eigenvalue weighted by Crippen LogP contribution is -2.54. The summed E-state index contributed by atoms with van der Waals surface area (Å²) in [6.45, 7) is 1.56. The first-order chi connectivity index (χ1) is 12.3. The molecule has 2 aromatic rings. The summed E-state index contributed by atoms with van der Waals surface area (Å²) in [5.41, 5.74) is 0.454. The number of thiocarbonyl (C=S) groups is 1. The molecule has 1 heterocycles. The molecule has 4 nitrogen and oxygen atoms in total. The average molecular weight is 409 g/mol. The predicted octanol–water partition coefficient (Wildman–Crippen LogP) is 4.27. The molecule has 26 heavy (non-hydrogen) atoms. The molecular formula is C18H11Cl2FN2O2S. The molecule has 0 unspecified atom stereocenters. The third kappa shape index (κ3) is 3.35. The van der Waals surface area contributed by atoms with E-state index in [4.69, 9.17) is 35.4 Å². The molecule has 1 saturated heterocycles. The molecule has 0 bridgehead atoms. The highest BCUT2D eigenvalue weighted by atomic mass is 35.5. The first-order valence-corrected chi connectivity index (χ1v) is 8.57. The summed E-state index contributed by atoms with van der Waals surface area (Å²) in [4.78, 5) is 26.3. The molecule has 132 valence electrons. The molecule has 0 radical (unpaired) electrons. The minimum Gasteiger partial charge on any atom is -0.298 e. The Morgan fingerprint density at radius 1 is 1.12 bits per heavy atom. The second-order valence-electron chi connectivity index (χ2n) is 5.53. The number of hydrogen-bond donors (Lipinski definition) is 1. The van der Waals surface area contributed by atoms with Crippen molar-refractivity contribution < 1.29 is 14.0 Å². The van der Waals surface area contributed by atoms with E-state index in [0.717, 1.165) is 11.0 Å². The molecule has 1 aliphatic heterocycles. The van der Waals surface area contributed by atoms with E-state index >= 15 is 0 Å². The number of rotatable bonds is 2. The summed E-state index contributed by atoms with van der Waals surface area (Å²) in [7, 11) is 0. The number of nitrogens with one attached hydrogen (secondary N) is 1. The van der Waals surface area contributed by atoms with E-state index in [-0.39, 0.29) is 21.3 Å². The zero-order valence-electron chi connectivity index (χ0n) is 13.3. The molecule has 2 amide bonds. The van der Waals surface area contributed by atoms with Gasteiger partial charge in [-0.05, 0) is 61.1 Å². The van der Waals surface area contributed by atoms with Crippen molar-refractivity contribution in [2.45, 2.75) is 6.92 Å². The van der Waals surface area contributed by atoms with Gasteiger partial charge < -0.3 is 0 Å². The van der Waals surface area contributed by atoms with Gasteiger partial charge in [-0.1, -0.05) is 29.3 Å². The smallest absolute Gasteiger partial charge is 0.270 e. The summed E-state index contributed by atoms with van der Waals surface area (Å²) in [6.07, 6.45) is 1.13. The van der Waals surface area contributed by atoms with Crippen molar-refractivity contribution in [3.05, 3.63) is 69.0 Å². The minimum atomic E-state index is -0.720. The maximum Gasteiger partial charge on any atom is 0.270 e. The number of carbonyl (C=O) groups excluding carboxylic acids is 2. The van der Waals surface area contributed by atoms with E-state index < -0.39 is 17.6 Å². The Hall–Kier alpha value is -2.28. The molecule has 0 saturated carbocycles. The van der Waals surface area contributed by atoms with Crippen LogP contribution in [0.15, 0.2) is 42.0 Å². The van der Waals surface area contributed by atoms with Crippen molar-refractivity contribution >= 4 is 64.1 Å². The third-order valence-electron chi connectivity index (χ3n) is 3.79. The van der Waals surface area contributed by atoms with Crippen LogP contribution >= 0.6 is 35.4 Å². The molecule has 1 aliphatic rings. The van der Waals surface area contributed by atoms with Crippen LogP contribution in [0.3, 0.4) is 0 Å². The number of benzene rings is 2. The summed E-state index contributed by atoms with van der Waals surface area (Å²) in [6, 6.07) is 9.35. The van der Waals surface area contributed by atoms with Gasteiger partial charge in [0.15, 0.2) is 5.11 Å². The van der Waals surface area contributed by atoms with Crippen LogP contribution in [0.5, 0.6) is 0 Å². The van der Waals surface area contributed by atoms with Crippen LogP contribution in [0.25, 0.3) is 6.08 Å². The standard InChI is InChI=1S/C18H11Cl2FN2O2S/c1-9-2-7-14(20)12(15(9)21)8-13-16(24)22-18(26)23(17(13)25)11-5-3-10(19)4-6-11/h2-8H,1H3,(H,22,24,26)/b13-8+. The Kier molecular flexibility index (Phi) is 5.09. The normalized spacial score (nSPS) is 16.2. The van der Waals surface area contributed by atoms with Crippen molar-refractivity contribution in [2.75, 3.05) is 4.90 Å². The van der Waals surface area contributed by atoms with Gasteiger partial charge in [0.05, 0.1) is 10.7 Å². The van der Waals surface area contributed by atoms with E-state index in [0.29, 0.717) is 16.3 Å². The van der Waals surface area contributed by atoms with Gasteiger partial charge in [0.2, 0.25) is 0 Å². The Labute approximate surface area is 164 Å². The number of aryl methyl sites for hydroxylation is 1. The predicted molar refractivity (Wildman–Crippen MR) is 104 cm³/mol. The summed E-state index contributed by atoms with van der Waals surface area (Å²) in [5.74, 6) is -2.00. The van der Waals surface area contributed by atoms with Gasteiger partial charge in [0.25, 0.3) is 11.8 Å². The number of anilines is 1. The van der Waals surface area contributed by atoms with Crippen molar-refractivity contribution in [3.63, 3.8) is 0 Å². The van der Waals surface area contributed by atoms with Gasteiger partial charge in [-0.3, -0.25) is 19.8 Å². The van der Waals surface area contributed by atoms with Gasteiger partial charge in [0, 0.05) is 10.6 Å². The Bertz CT molecular complexity index is 974. The number of halogens is 3. The second kappa shape index (κ2) is 7.15. The van der Waals surface area contributed by atoms with Gasteiger partial charge in [-0.2, -0.15) is 0 Å². The first-order valence-electron chi connectivity index (χ1n) is 7.41. The second-order valence-corrected chi connectivity index (χ2v) is 6.76. The zero-order valence-corrected chi connectivity index (χ0v) is 15.7. The van der Waals surface area contributed by atoms with Crippen LogP contribution in [0.1, 0.15) is 11.1 Å². The third-order valence-corrected chi connectivity index (χ3v) is 4.66. The molecule has 2 aromatic carbocycles. The Morgan fingerprint density at radius 2 is 1.77 bits per heavy atom. The van der Waals surface area contributed by atoms with Crippen molar-refractivity contribution in [1.29, 1.82) is 0 Å². The minimum absolute atomic E-state index is 0.0333. The van der Waals surface area contributed by atoms with E-state index in [9.17, 15) is 14.0 Å². The highest BCUT2D eigenvalue weighted by Crippen LogP contribution is 2.27. The zero-order chi connectivity index (χ0) is 19.0. The Balaban J connectivity index is 2.09. The Morgan fingerprint density at radius 3 is 2.42 bits per heavy atom. The largest absolute Gasteiger partial charge is 0.298 e. The topological polar surface area (TPSA) is 49.4 Å². The number of carbonyl (C=O) groups is 2. The van der Waals surface area contributed by atoms with Crippen molar-refractivity contribution in [3.8, 4) is 0 Å². The van der Waals surface area contributed by atoms with Crippen molar-refractivity contribution in [1.82, 2.24) is 5.32 Å². The van der Waals surface area contributed by atoms with Crippen LogP contribution in [0, 0.1) is 12.7 Å². The van der Waals surface area contributed by atoms with Crippen molar-refractivity contribution in [2.24, 2.45) is 0 Å². The van der Waals surface area contributed by atoms with E-state index in [1.54, 1.807) is 31.2 Å². The lowest BCUT2D eigenvalue weighted by molar-refractivity contribution is -0.122. The number of nitrogens with zero attached hydrogens (tertiary/aromatic N) is 1. The molecule has 0 aromatic heterocycles. The fourth-order valence-electron chi connectivity index (χ4n) is 2.44. The lowest BCUT2D eigenvalue weighted by atomic mass is 10.0. The monoisotopic (exact) mass is 408 g/mol. The maximum absolute atomic E-state index is 14.4. The summed E-state index contributed by atoms with van der Waals surface area (Å²) in [5, 5.41) is 2.93. The quantitative estimate of drug-likeness (QED) is 0.458. The van der Waals surface area contributed by atoms with Gasteiger partial charge >= 0.3 is 0 Å². The molecule has 0 atom stereocenters. The lowest BCUT2D eigenvalue weighted by Gasteiger charge is -2.29. The highest BCUT2D eigenvalue weighted by molar-refractivity contribution is 7.80. The van der Waals surface area contributed by atoms with E-state index in [1.807, 2.05) is 0 Å². The summed E-state index contributed by atoms with van der Waals surface area (Å²) < 4.78 is 14.4. The molecule has 0 aliphatic carbocycles. The van der Waals surface area contributed by atoms with Crippen LogP contribution in [-0.4, -0.2) is 16.9 Å². The van der Waals surface area contributed by atoms with Gasteiger partial charge in [-0.25, -0.2) is 4.39 Å². The van der Waals surface area contributed by atoms with Gasteiger partial charge in [-0.15, -0.1) is 0 Å². The fourth-order valence-corrected chi connectivity index (χ4v) is 3.04. The highest BCUT2D eigenvalue weighted by Gasteiger charge is 2.34. The molecular weight excluding hydrogens is 398 g/mol. The number of hydrogen-bond acceptors (Lipinski definition) is 3. The van der Waals surface area contributed by atoms with Crippen LogP contribution in [0.4, 0.5) is 10.1 Å². The van der Waals surface area contributed by atoms with Crippen LogP contribution in [0.2, 0.25) is 10.0 Å².